The van der Waals surface area contributed by atoms with E-state index < -0.39 is 78.8 Å². The lowest BCUT2D eigenvalue weighted by Crippen LogP contribution is -2.47. The highest BCUT2D eigenvalue weighted by Gasteiger charge is 2.35. The summed E-state index contributed by atoms with van der Waals surface area (Å²) in [5, 5.41) is 1.99. The van der Waals surface area contributed by atoms with Gasteiger partial charge in [0.1, 0.15) is 6.04 Å². The summed E-state index contributed by atoms with van der Waals surface area (Å²) in [6, 6.07) is -5.26. The minimum atomic E-state index is -3.19. The molecule has 5 nitrogen and oxygen atoms in total. The van der Waals surface area contributed by atoms with E-state index in [2.05, 4.69) is 0 Å². The van der Waals surface area contributed by atoms with E-state index in [4.69, 9.17) is 13.7 Å². The van der Waals surface area contributed by atoms with Gasteiger partial charge in [-0.1, -0.05) is 30.2 Å². The fourth-order valence-electron chi connectivity index (χ4n) is 1.38. The molecule has 0 unspecified atom stereocenters. The first-order valence-electron chi connectivity index (χ1n) is 10.3. The molecule has 0 aliphatic carbocycles. The molecule has 0 aromatic heterocycles. The summed E-state index contributed by atoms with van der Waals surface area (Å²) >= 11 is 0. The SMILES string of the molecule is [2H]c1c([2H])c([2H])c([C@@H]([2H])NC(=O)[C@@H](C)N2C(=O)C([2H])([2H])C([2H])([2H])C2=O)c([2H])c1[2H]. The number of likely N-dealkylation sites (tertiary alicyclic amines) is 1. The fraction of sp³-hybridized carbons (Fsp3) is 0.357. The van der Waals surface area contributed by atoms with E-state index in [-0.39, 0.29) is 4.90 Å². The van der Waals surface area contributed by atoms with Crippen molar-refractivity contribution in [2.45, 2.75) is 32.2 Å². The number of rotatable bonds is 4. The van der Waals surface area contributed by atoms with Crippen molar-refractivity contribution in [2.75, 3.05) is 0 Å². The predicted octanol–water partition coefficient (Wildman–Crippen LogP) is 0.840. The Labute approximate surface area is 125 Å². The molecule has 0 spiro atoms. The first kappa shape index (κ1) is 5.45. The molecule has 1 fully saturated rings. The number of carbonyl (C=O) groups excluding carboxylic acids is 3. The van der Waals surface area contributed by atoms with Gasteiger partial charge < -0.3 is 5.32 Å². The smallest absolute Gasteiger partial charge is 0.243 e. The monoisotopic (exact) mass is 270 g/mol. The van der Waals surface area contributed by atoms with Crippen molar-refractivity contribution in [2.24, 2.45) is 0 Å². The van der Waals surface area contributed by atoms with Crippen LogP contribution in [0.3, 0.4) is 0 Å². The molecule has 1 heterocycles. The maximum Gasteiger partial charge on any atom is 0.243 e. The number of hydrogen-bond donors (Lipinski definition) is 1. The van der Waals surface area contributed by atoms with Crippen LogP contribution in [0.2, 0.25) is 0 Å². The lowest BCUT2D eigenvalue weighted by atomic mass is 10.2. The average Bonchev–Trinajstić information content (AvgIpc) is 2.75. The van der Waals surface area contributed by atoms with Gasteiger partial charge in [0.15, 0.2) is 0 Å². The van der Waals surface area contributed by atoms with Gasteiger partial charge in [-0.3, -0.25) is 19.3 Å². The molecule has 100 valence electrons. The standard InChI is InChI=1S/C14H16N2O3/c1-10(16-12(17)7-8-13(16)18)14(19)15-9-11-5-3-2-4-6-11/h2-6,10H,7-9H2,1H3,(H,15,19)/t10-/m1/s1/i2D,3D,4D,5D,6D,7D2,8D2,9D/t9-,10-. The lowest BCUT2D eigenvalue weighted by molar-refractivity contribution is -0.146. The third-order valence-electron chi connectivity index (χ3n) is 2.36. The fourth-order valence-corrected chi connectivity index (χ4v) is 1.38. The first-order chi connectivity index (χ1) is 13.1. The summed E-state index contributed by atoms with van der Waals surface area (Å²) in [4.78, 5) is 36.8. The Morgan fingerprint density at radius 2 is 2.00 bits per heavy atom. The number of nitrogens with one attached hydrogen (secondary N) is 1. The number of amides is 3. The maximum absolute atomic E-state index is 12.4. The molecule has 0 radical (unpaired) electrons. The Morgan fingerprint density at radius 1 is 1.42 bits per heavy atom. The number of nitrogens with zero attached hydrogens (tertiary/aromatic N) is 1. The summed E-state index contributed by atoms with van der Waals surface area (Å²) in [5.74, 6) is -4.29. The number of benzene rings is 1. The molecule has 1 saturated heterocycles. The van der Waals surface area contributed by atoms with E-state index >= 15 is 0 Å². The van der Waals surface area contributed by atoms with Crippen molar-refractivity contribution in [1.29, 1.82) is 0 Å². The quantitative estimate of drug-likeness (QED) is 0.824. The third kappa shape index (κ3) is 2.99. The molecule has 2 atom stereocenters. The zero-order valence-electron chi connectivity index (χ0n) is 19.8. The van der Waals surface area contributed by atoms with Gasteiger partial charge in [0.2, 0.25) is 17.7 Å². The van der Waals surface area contributed by atoms with Gasteiger partial charge >= 0.3 is 0 Å². The molecule has 1 aromatic rings. The second-order valence-corrected chi connectivity index (χ2v) is 3.60. The highest BCUT2D eigenvalue weighted by molar-refractivity contribution is 6.05. The van der Waals surface area contributed by atoms with E-state index in [1.165, 1.54) is 0 Å². The normalized spacial score (nSPS) is 31.1. The summed E-state index contributed by atoms with van der Waals surface area (Å²) in [7, 11) is 0. The molecule has 1 aliphatic heterocycles. The Kier molecular flexibility index (Phi) is 1.62. The zero-order valence-corrected chi connectivity index (χ0v) is 9.83. The summed E-state index contributed by atoms with van der Waals surface area (Å²) in [6.07, 6.45) is -6.38. The van der Waals surface area contributed by atoms with Crippen molar-refractivity contribution in [3.05, 3.63) is 35.8 Å². The molecule has 1 N–H and O–H groups in total. The van der Waals surface area contributed by atoms with Crippen LogP contribution in [0, 0.1) is 0 Å². The van der Waals surface area contributed by atoms with E-state index in [0.29, 0.717) is 0 Å². The van der Waals surface area contributed by atoms with Gasteiger partial charge in [0, 0.05) is 24.7 Å². The average molecular weight is 270 g/mol. The molecule has 3 amide bonds. The van der Waals surface area contributed by atoms with E-state index in [1.807, 2.05) is 5.32 Å². The number of hydrogen-bond acceptors (Lipinski definition) is 3. The Bertz CT molecular complexity index is 864. The molecular formula is C14H16N2O3. The highest BCUT2D eigenvalue weighted by atomic mass is 16.2. The van der Waals surface area contributed by atoms with Crippen LogP contribution < -0.4 is 5.32 Å². The lowest BCUT2D eigenvalue weighted by Gasteiger charge is -2.21. The van der Waals surface area contributed by atoms with E-state index in [0.717, 1.165) is 6.92 Å². The van der Waals surface area contributed by atoms with Gasteiger partial charge in [0.25, 0.3) is 0 Å². The Morgan fingerprint density at radius 3 is 2.58 bits per heavy atom. The molecular weight excluding hydrogens is 244 g/mol. The van der Waals surface area contributed by atoms with Crippen LogP contribution in [-0.2, 0) is 20.9 Å². The van der Waals surface area contributed by atoms with Gasteiger partial charge in [-0.25, -0.2) is 0 Å². The Balaban J connectivity index is 2.32. The summed E-state index contributed by atoms with van der Waals surface area (Å²) < 4.78 is 76.2. The van der Waals surface area contributed by atoms with Crippen LogP contribution in [0.5, 0.6) is 0 Å². The molecule has 0 saturated carbocycles. The maximum atomic E-state index is 12.4. The highest BCUT2D eigenvalue weighted by Crippen LogP contribution is 2.15. The van der Waals surface area contributed by atoms with E-state index in [9.17, 15) is 14.4 Å². The van der Waals surface area contributed by atoms with Crippen LogP contribution in [0.4, 0.5) is 0 Å². The zero-order chi connectivity index (χ0) is 22.6. The Hall–Kier alpha value is -2.17. The van der Waals surface area contributed by atoms with Gasteiger partial charge in [0.05, 0.1) is 8.22 Å². The van der Waals surface area contributed by atoms with Crippen molar-refractivity contribution in [3.63, 3.8) is 0 Å². The van der Waals surface area contributed by atoms with Crippen molar-refractivity contribution < 1.29 is 28.1 Å². The molecule has 19 heavy (non-hydrogen) atoms. The van der Waals surface area contributed by atoms with Gasteiger partial charge in [-0.2, -0.15) is 0 Å². The number of imide groups is 1. The predicted molar refractivity (Wildman–Crippen MR) is 68.8 cm³/mol. The van der Waals surface area contributed by atoms with Crippen LogP contribution in [0.25, 0.3) is 0 Å². The molecule has 1 aromatic carbocycles. The number of carbonyl (C=O) groups is 3. The second-order valence-electron chi connectivity index (χ2n) is 3.60. The second kappa shape index (κ2) is 5.65. The van der Waals surface area contributed by atoms with Gasteiger partial charge in [-0.05, 0) is 12.5 Å². The topological polar surface area (TPSA) is 66.5 Å². The van der Waals surface area contributed by atoms with Crippen LogP contribution in [0.1, 0.15) is 38.9 Å². The summed E-state index contributed by atoms with van der Waals surface area (Å²) in [5.41, 5.74) is -0.540. The van der Waals surface area contributed by atoms with E-state index in [1.54, 1.807) is 0 Å². The molecule has 5 heteroatoms. The van der Waals surface area contributed by atoms with Crippen LogP contribution in [-0.4, -0.2) is 28.7 Å². The minimum Gasteiger partial charge on any atom is -0.350 e. The van der Waals surface area contributed by atoms with Gasteiger partial charge in [-0.15, -0.1) is 0 Å². The van der Waals surface area contributed by atoms with Crippen molar-refractivity contribution in [1.82, 2.24) is 10.2 Å². The first-order valence-corrected chi connectivity index (χ1v) is 5.26. The van der Waals surface area contributed by atoms with Crippen LogP contribution >= 0.6 is 0 Å². The largest absolute Gasteiger partial charge is 0.350 e. The molecule has 0 bridgehead atoms. The van der Waals surface area contributed by atoms with Crippen molar-refractivity contribution in [3.8, 4) is 0 Å². The minimum absolute atomic E-state index is 0.115. The molecule has 1 aliphatic rings. The third-order valence-corrected chi connectivity index (χ3v) is 2.36. The molecule has 2 rings (SSSR count). The van der Waals surface area contributed by atoms with Crippen molar-refractivity contribution >= 4 is 17.7 Å². The van der Waals surface area contributed by atoms with Crippen LogP contribution in [0.15, 0.2) is 30.2 Å². The summed E-state index contributed by atoms with van der Waals surface area (Å²) in [6.45, 7) is -0.850.